The van der Waals surface area contributed by atoms with Crippen molar-refractivity contribution in [1.29, 1.82) is 0 Å². The van der Waals surface area contributed by atoms with Crippen LogP contribution in [0.15, 0.2) is 11.6 Å². The highest BCUT2D eigenvalue weighted by molar-refractivity contribution is 7.11. The molecule has 0 bridgehead atoms. The number of nitrogens with zero attached hydrogens (tertiary/aromatic N) is 1. The number of fused-ring (bicyclic) bond motifs is 1. The fraction of sp³-hybridized carbons (Fsp3) is 0.467. The van der Waals surface area contributed by atoms with Crippen LogP contribution in [0.3, 0.4) is 0 Å². The molecular formula is C15H18N2OS2. The molecule has 0 radical (unpaired) electrons. The Hall–Kier alpha value is -1.20. The Kier molecular flexibility index (Phi) is 3.89. The molecule has 1 aliphatic carbocycles. The highest BCUT2D eigenvalue weighted by Crippen LogP contribution is 2.32. The Morgan fingerprint density at radius 2 is 2.40 bits per heavy atom. The summed E-state index contributed by atoms with van der Waals surface area (Å²) in [4.78, 5) is 19.0. The fourth-order valence-corrected chi connectivity index (χ4v) is 4.60. The zero-order chi connectivity index (χ0) is 14.1. The van der Waals surface area contributed by atoms with Crippen molar-refractivity contribution in [2.24, 2.45) is 5.92 Å². The van der Waals surface area contributed by atoms with E-state index >= 15 is 0 Å². The number of nitrogens with one attached hydrogen (secondary N) is 1. The molecule has 1 aliphatic rings. The quantitative estimate of drug-likeness (QED) is 0.942. The van der Waals surface area contributed by atoms with E-state index in [9.17, 15) is 4.79 Å². The van der Waals surface area contributed by atoms with E-state index in [0.29, 0.717) is 6.54 Å². The lowest BCUT2D eigenvalue weighted by molar-refractivity contribution is 0.0950. The molecule has 3 nitrogen and oxygen atoms in total. The van der Waals surface area contributed by atoms with E-state index in [2.05, 4.69) is 17.2 Å². The standard InChI is InChI=1S/C15H18N2OS2/c1-9-3-4-12-13(8-19-14(12)5-9)15(18)17-7-11-6-16-10(2)20-11/h6,8-9H,3-5,7H2,1-2H3,(H,17,18). The molecule has 20 heavy (non-hydrogen) atoms. The van der Waals surface area contributed by atoms with Gasteiger partial charge in [-0.15, -0.1) is 22.7 Å². The van der Waals surface area contributed by atoms with Crippen molar-refractivity contribution in [3.63, 3.8) is 0 Å². The van der Waals surface area contributed by atoms with Gasteiger partial charge >= 0.3 is 0 Å². The summed E-state index contributed by atoms with van der Waals surface area (Å²) in [6.45, 7) is 4.84. The molecule has 0 spiro atoms. The van der Waals surface area contributed by atoms with Gasteiger partial charge in [-0.2, -0.15) is 0 Å². The number of rotatable bonds is 3. The SMILES string of the molecule is Cc1ncc(CNC(=O)c2csc3c2CCC(C)C3)s1. The summed E-state index contributed by atoms with van der Waals surface area (Å²) in [5, 5.41) is 6.08. The lowest BCUT2D eigenvalue weighted by Crippen LogP contribution is -2.24. The third-order valence-electron chi connectivity index (χ3n) is 3.74. The molecule has 3 rings (SSSR count). The molecule has 2 aromatic heterocycles. The van der Waals surface area contributed by atoms with E-state index in [1.807, 2.05) is 18.5 Å². The van der Waals surface area contributed by atoms with E-state index in [1.54, 1.807) is 22.7 Å². The van der Waals surface area contributed by atoms with Crippen molar-refractivity contribution in [2.45, 2.75) is 39.7 Å². The maximum Gasteiger partial charge on any atom is 0.252 e. The largest absolute Gasteiger partial charge is 0.347 e. The van der Waals surface area contributed by atoms with Gasteiger partial charge in [0, 0.05) is 21.3 Å². The Bertz CT molecular complexity index is 630. The Labute approximate surface area is 127 Å². The number of aromatic nitrogens is 1. The van der Waals surface area contributed by atoms with Crippen LogP contribution in [0.1, 0.15) is 44.0 Å². The van der Waals surface area contributed by atoms with Crippen LogP contribution < -0.4 is 5.32 Å². The number of hydrogen-bond donors (Lipinski definition) is 1. The van der Waals surface area contributed by atoms with Gasteiger partial charge in [0.2, 0.25) is 0 Å². The van der Waals surface area contributed by atoms with Crippen LogP contribution in [0.4, 0.5) is 0 Å². The van der Waals surface area contributed by atoms with Crippen LogP contribution in [0, 0.1) is 12.8 Å². The number of thiophene rings is 1. The molecular weight excluding hydrogens is 288 g/mol. The van der Waals surface area contributed by atoms with E-state index in [4.69, 9.17) is 0 Å². The third kappa shape index (κ3) is 2.79. The summed E-state index contributed by atoms with van der Waals surface area (Å²) in [5.41, 5.74) is 2.17. The molecule has 1 N–H and O–H groups in total. The van der Waals surface area contributed by atoms with E-state index < -0.39 is 0 Å². The number of amides is 1. The lowest BCUT2D eigenvalue weighted by atomic mass is 9.88. The lowest BCUT2D eigenvalue weighted by Gasteiger charge is -2.18. The third-order valence-corrected chi connectivity index (χ3v) is 5.70. The van der Waals surface area contributed by atoms with E-state index in [1.165, 1.54) is 16.9 Å². The predicted molar refractivity (Wildman–Crippen MR) is 83.5 cm³/mol. The van der Waals surface area contributed by atoms with Gasteiger partial charge in [-0.1, -0.05) is 6.92 Å². The van der Waals surface area contributed by atoms with Crippen molar-refractivity contribution in [3.8, 4) is 0 Å². The smallest absolute Gasteiger partial charge is 0.252 e. The monoisotopic (exact) mass is 306 g/mol. The van der Waals surface area contributed by atoms with Crippen LogP contribution in [0.25, 0.3) is 0 Å². The Morgan fingerprint density at radius 1 is 1.55 bits per heavy atom. The van der Waals surface area contributed by atoms with E-state index in [-0.39, 0.29) is 5.91 Å². The molecule has 2 heterocycles. The number of carbonyl (C=O) groups is 1. The van der Waals surface area contributed by atoms with Gasteiger partial charge in [0.15, 0.2) is 0 Å². The summed E-state index contributed by atoms with van der Waals surface area (Å²) in [7, 11) is 0. The van der Waals surface area contributed by atoms with Gasteiger partial charge in [0.05, 0.1) is 17.1 Å². The molecule has 0 fully saturated rings. The summed E-state index contributed by atoms with van der Waals surface area (Å²) < 4.78 is 0. The van der Waals surface area contributed by atoms with Crippen molar-refractivity contribution >= 4 is 28.6 Å². The second-order valence-corrected chi connectivity index (χ2v) is 7.71. The summed E-state index contributed by atoms with van der Waals surface area (Å²) >= 11 is 3.37. The molecule has 0 aromatic carbocycles. The van der Waals surface area contributed by atoms with Crippen molar-refractivity contribution in [1.82, 2.24) is 10.3 Å². The van der Waals surface area contributed by atoms with Crippen LogP contribution in [0.2, 0.25) is 0 Å². The topological polar surface area (TPSA) is 42.0 Å². The van der Waals surface area contributed by atoms with Gasteiger partial charge in [-0.25, -0.2) is 4.98 Å². The average Bonchev–Trinajstić information content (AvgIpc) is 3.01. The van der Waals surface area contributed by atoms with Crippen LogP contribution in [-0.4, -0.2) is 10.9 Å². The molecule has 0 saturated carbocycles. The molecule has 5 heteroatoms. The summed E-state index contributed by atoms with van der Waals surface area (Å²) in [6.07, 6.45) is 5.20. The van der Waals surface area contributed by atoms with Crippen molar-refractivity contribution in [2.75, 3.05) is 0 Å². The summed E-state index contributed by atoms with van der Waals surface area (Å²) in [5.74, 6) is 0.806. The number of aryl methyl sites for hydroxylation is 1. The predicted octanol–water partition coefficient (Wildman–Crippen LogP) is 3.57. The zero-order valence-electron chi connectivity index (χ0n) is 11.7. The first-order valence-corrected chi connectivity index (χ1v) is 8.62. The first-order valence-electron chi connectivity index (χ1n) is 6.92. The van der Waals surface area contributed by atoms with Gasteiger partial charge in [-0.3, -0.25) is 4.79 Å². The molecule has 1 unspecified atom stereocenters. The average molecular weight is 306 g/mol. The molecule has 1 amide bonds. The van der Waals surface area contributed by atoms with Gasteiger partial charge in [0.25, 0.3) is 5.91 Å². The normalized spacial score (nSPS) is 17.8. The highest BCUT2D eigenvalue weighted by atomic mass is 32.1. The maximum absolute atomic E-state index is 12.3. The van der Waals surface area contributed by atoms with Crippen LogP contribution in [-0.2, 0) is 19.4 Å². The van der Waals surface area contributed by atoms with Crippen LogP contribution in [0.5, 0.6) is 0 Å². The minimum Gasteiger partial charge on any atom is -0.347 e. The van der Waals surface area contributed by atoms with E-state index in [0.717, 1.165) is 34.2 Å². The zero-order valence-corrected chi connectivity index (χ0v) is 13.4. The molecule has 1 atom stereocenters. The minimum absolute atomic E-state index is 0.0584. The first-order chi connectivity index (χ1) is 9.63. The second-order valence-electron chi connectivity index (χ2n) is 5.43. The van der Waals surface area contributed by atoms with Crippen molar-refractivity contribution < 1.29 is 4.79 Å². The first kappa shape index (κ1) is 13.8. The van der Waals surface area contributed by atoms with Crippen LogP contribution >= 0.6 is 22.7 Å². The second kappa shape index (κ2) is 5.66. The van der Waals surface area contributed by atoms with Crippen molar-refractivity contribution in [3.05, 3.63) is 37.5 Å². The molecule has 2 aromatic rings. The summed E-state index contributed by atoms with van der Waals surface area (Å²) in [6, 6.07) is 0. The minimum atomic E-state index is 0.0584. The molecule has 0 saturated heterocycles. The maximum atomic E-state index is 12.3. The molecule has 0 aliphatic heterocycles. The number of thiazole rings is 1. The Balaban J connectivity index is 1.69. The Morgan fingerprint density at radius 3 is 3.15 bits per heavy atom. The molecule has 106 valence electrons. The number of carbonyl (C=O) groups excluding carboxylic acids is 1. The highest BCUT2D eigenvalue weighted by Gasteiger charge is 2.23. The van der Waals surface area contributed by atoms with Gasteiger partial charge < -0.3 is 5.32 Å². The van der Waals surface area contributed by atoms with Gasteiger partial charge in [0.1, 0.15) is 0 Å². The van der Waals surface area contributed by atoms with Gasteiger partial charge in [-0.05, 0) is 37.7 Å². The number of hydrogen-bond acceptors (Lipinski definition) is 4. The fourth-order valence-electron chi connectivity index (χ4n) is 2.62.